The lowest BCUT2D eigenvalue weighted by molar-refractivity contribution is -0.0614. The van der Waals surface area contributed by atoms with E-state index in [4.69, 9.17) is 4.74 Å². The van der Waals surface area contributed by atoms with Crippen molar-refractivity contribution in [3.8, 4) is 0 Å². The van der Waals surface area contributed by atoms with Gasteiger partial charge in [-0.3, -0.25) is 4.90 Å². The van der Waals surface area contributed by atoms with Crippen molar-refractivity contribution >= 4 is 10.0 Å². The maximum absolute atomic E-state index is 13.1. The van der Waals surface area contributed by atoms with E-state index in [0.717, 1.165) is 12.1 Å². The monoisotopic (exact) mass is 386 g/mol. The van der Waals surface area contributed by atoms with Crippen LogP contribution in [0.15, 0.2) is 59.5 Å². The molecule has 4 rings (SSSR count). The lowest BCUT2D eigenvalue weighted by atomic mass is 10.0. The number of hydrogen-bond acceptors (Lipinski definition) is 4. The summed E-state index contributed by atoms with van der Waals surface area (Å²) in [5.41, 5.74) is 2.30. The topological polar surface area (TPSA) is 49.9 Å². The molecule has 0 radical (unpaired) electrons. The first kappa shape index (κ1) is 18.6. The van der Waals surface area contributed by atoms with E-state index in [1.165, 1.54) is 5.56 Å². The maximum Gasteiger partial charge on any atom is 0.243 e. The van der Waals surface area contributed by atoms with Crippen molar-refractivity contribution in [2.24, 2.45) is 0 Å². The fraction of sp³-hybridized carbons (Fsp3) is 0.429. The summed E-state index contributed by atoms with van der Waals surface area (Å²) in [5.74, 6) is 0. The molecule has 3 atom stereocenters. The first-order valence-electron chi connectivity index (χ1n) is 9.46. The first-order valence-corrected chi connectivity index (χ1v) is 10.9. The average molecular weight is 387 g/mol. The highest BCUT2D eigenvalue weighted by Crippen LogP contribution is 2.33. The number of sulfonamides is 1. The predicted molar refractivity (Wildman–Crippen MR) is 105 cm³/mol. The Balaban J connectivity index is 1.56. The molecular weight excluding hydrogens is 360 g/mol. The highest BCUT2D eigenvalue weighted by molar-refractivity contribution is 7.89. The average Bonchev–Trinajstić information content (AvgIpc) is 3.14. The third-order valence-corrected chi connectivity index (χ3v) is 7.59. The van der Waals surface area contributed by atoms with E-state index >= 15 is 0 Å². The van der Waals surface area contributed by atoms with Gasteiger partial charge in [-0.25, -0.2) is 8.42 Å². The second kappa shape index (κ2) is 7.36. The Kier molecular flexibility index (Phi) is 5.07. The zero-order valence-corrected chi connectivity index (χ0v) is 16.6. The molecule has 2 fully saturated rings. The molecule has 6 heteroatoms. The smallest absolute Gasteiger partial charge is 0.243 e. The maximum atomic E-state index is 13.1. The van der Waals surface area contributed by atoms with E-state index in [1.54, 1.807) is 16.4 Å². The van der Waals surface area contributed by atoms with Gasteiger partial charge in [0.25, 0.3) is 0 Å². The predicted octanol–water partition coefficient (Wildman–Crippen LogP) is 2.83. The molecule has 1 unspecified atom stereocenters. The molecule has 2 saturated heterocycles. The van der Waals surface area contributed by atoms with Crippen molar-refractivity contribution in [2.75, 3.05) is 26.2 Å². The van der Waals surface area contributed by atoms with Gasteiger partial charge in [0, 0.05) is 25.7 Å². The minimum Gasteiger partial charge on any atom is -0.374 e. The van der Waals surface area contributed by atoms with Crippen molar-refractivity contribution in [3.63, 3.8) is 0 Å². The quantitative estimate of drug-likeness (QED) is 0.811. The largest absolute Gasteiger partial charge is 0.374 e. The third kappa shape index (κ3) is 3.55. The molecule has 0 spiro atoms. The zero-order chi connectivity index (χ0) is 19.0. The number of hydrogen-bond donors (Lipinski definition) is 0. The van der Waals surface area contributed by atoms with Gasteiger partial charge in [-0.2, -0.15) is 4.31 Å². The molecule has 0 amide bonds. The van der Waals surface area contributed by atoms with Gasteiger partial charge >= 0.3 is 0 Å². The summed E-state index contributed by atoms with van der Waals surface area (Å²) in [6, 6.07) is 17.7. The molecule has 2 aliphatic heterocycles. The molecule has 0 N–H and O–H groups in total. The van der Waals surface area contributed by atoms with Crippen LogP contribution in [0.5, 0.6) is 0 Å². The van der Waals surface area contributed by atoms with E-state index in [1.807, 2.05) is 37.3 Å². The molecule has 5 nitrogen and oxygen atoms in total. The highest BCUT2D eigenvalue weighted by atomic mass is 32.2. The van der Waals surface area contributed by atoms with Gasteiger partial charge in [-0.15, -0.1) is 0 Å². The number of morpholine rings is 1. The summed E-state index contributed by atoms with van der Waals surface area (Å²) in [6.07, 6.45) is -0.0786. The van der Waals surface area contributed by atoms with Gasteiger partial charge in [0.15, 0.2) is 0 Å². The summed E-state index contributed by atoms with van der Waals surface area (Å²) in [7, 11) is -3.50. The minimum absolute atomic E-state index is 0.0779. The van der Waals surface area contributed by atoms with Crippen molar-refractivity contribution in [1.82, 2.24) is 9.21 Å². The SMILES string of the molecule is Cc1ccc(S(=O)(=O)N2C[C@H]3OCCN(C(C)c4ccccc4)[C@H]3C2)cc1. The summed E-state index contributed by atoms with van der Waals surface area (Å²) in [6.45, 7) is 6.48. The Morgan fingerprint density at radius 3 is 2.44 bits per heavy atom. The molecule has 0 saturated carbocycles. The van der Waals surface area contributed by atoms with Gasteiger partial charge in [-0.1, -0.05) is 48.0 Å². The van der Waals surface area contributed by atoms with Crippen LogP contribution in [0.2, 0.25) is 0 Å². The molecule has 0 aliphatic carbocycles. The van der Waals surface area contributed by atoms with Crippen LogP contribution < -0.4 is 0 Å². The Morgan fingerprint density at radius 2 is 1.74 bits per heavy atom. The molecule has 27 heavy (non-hydrogen) atoms. The van der Waals surface area contributed by atoms with Gasteiger partial charge in [0.1, 0.15) is 0 Å². The number of fused-ring (bicyclic) bond motifs is 1. The highest BCUT2D eigenvalue weighted by Gasteiger charge is 2.45. The molecule has 0 aromatic heterocycles. The van der Waals surface area contributed by atoms with Gasteiger partial charge in [0.05, 0.1) is 23.6 Å². The van der Waals surface area contributed by atoms with Crippen LogP contribution in [0, 0.1) is 6.92 Å². The van der Waals surface area contributed by atoms with Gasteiger partial charge in [-0.05, 0) is 31.5 Å². The van der Waals surface area contributed by atoms with Crippen molar-refractivity contribution in [3.05, 3.63) is 65.7 Å². The van der Waals surface area contributed by atoms with Crippen LogP contribution in [0.4, 0.5) is 0 Å². The van der Waals surface area contributed by atoms with Crippen molar-refractivity contribution in [2.45, 2.75) is 36.9 Å². The summed E-state index contributed by atoms with van der Waals surface area (Å²) >= 11 is 0. The van der Waals surface area contributed by atoms with E-state index in [0.29, 0.717) is 24.6 Å². The second-order valence-corrected chi connectivity index (χ2v) is 9.37. The Morgan fingerprint density at radius 1 is 1.04 bits per heavy atom. The lowest BCUT2D eigenvalue weighted by Gasteiger charge is -2.40. The van der Waals surface area contributed by atoms with Gasteiger partial charge in [0.2, 0.25) is 10.0 Å². The standard InChI is InChI=1S/C21H26N2O3S/c1-16-8-10-19(11-9-16)27(24,25)22-14-20-21(15-22)26-13-12-23(20)17(2)18-6-4-3-5-7-18/h3-11,17,20-21H,12-15H2,1-2H3/t17?,20-,21+/m0/s1. The molecule has 0 bridgehead atoms. The van der Waals surface area contributed by atoms with E-state index < -0.39 is 10.0 Å². The molecule has 144 valence electrons. The van der Waals surface area contributed by atoms with Crippen molar-refractivity contribution < 1.29 is 13.2 Å². The number of aryl methyl sites for hydroxylation is 1. The van der Waals surface area contributed by atoms with Crippen LogP contribution in [-0.2, 0) is 14.8 Å². The van der Waals surface area contributed by atoms with Crippen LogP contribution in [0.1, 0.15) is 24.1 Å². The first-order chi connectivity index (χ1) is 13.0. The number of ether oxygens (including phenoxy) is 1. The van der Waals surface area contributed by atoms with Crippen molar-refractivity contribution in [1.29, 1.82) is 0 Å². The minimum atomic E-state index is -3.50. The fourth-order valence-electron chi connectivity index (χ4n) is 4.14. The number of benzene rings is 2. The molecule has 2 aliphatic rings. The summed E-state index contributed by atoms with van der Waals surface area (Å²) in [4.78, 5) is 2.75. The van der Waals surface area contributed by atoms with E-state index in [2.05, 4.69) is 24.0 Å². The fourth-order valence-corrected chi connectivity index (χ4v) is 5.61. The molecular formula is C21H26N2O3S. The number of rotatable bonds is 4. The Bertz CT molecular complexity index is 883. The Labute approximate surface area is 161 Å². The van der Waals surface area contributed by atoms with Crippen LogP contribution in [0.3, 0.4) is 0 Å². The second-order valence-electron chi connectivity index (χ2n) is 7.44. The molecule has 2 aromatic rings. The third-order valence-electron chi connectivity index (χ3n) is 5.75. The lowest BCUT2D eigenvalue weighted by Crippen LogP contribution is -2.51. The van der Waals surface area contributed by atoms with E-state index in [-0.39, 0.29) is 18.2 Å². The molecule has 2 aromatic carbocycles. The Hall–Kier alpha value is -1.73. The number of nitrogens with zero attached hydrogens (tertiary/aromatic N) is 2. The normalized spacial score (nSPS) is 25.3. The van der Waals surface area contributed by atoms with Crippen LogP contribution in [0.25, 0.3) is 0 Å². The summed E-state index contributed by atoms with van der Waals surface area (Å²) in [5, 5.41) is 0. The van der Waals surface area contributed by atoms with Crippen LogP contribution in [-0.4, -0.2) is 56.0 Å². The van der Waals surface area contributed by atoms with Gasteiger partial charge < -0.3 is 4.74 Å². The van der Waals surface area contributed by atoms with E-state index in [9.17, 15) is 8.42 Å². The van der Waals surface area contributed by atoms with Crippen LogP contribution >= 0.6 is 0 Å². The summed E-state index contributed by atoms with van der Waals surface area (Å²) < 4.78 is 33.7. The zero-order valence-electron chi connectivity index (χ0n) is 15.8. The molecule has 2 heterocycles.